The molecule has 0 bridgehead atoms. The Labute approximate surface area is 122 Å². The highest BCUT2D eigenvalue weighted by atomic mass is 79.9. The molecule has 0 unspecified atom stereocenters. The summed E-state index contributed by atoms with van der Waals surface area (Å²) in [6.45, 7) is 6.79. The van der Waals surface area contributed by atoms with E-state index in [1.54, 1.807) is 0 Å². The van der Waals surface area contributed by atoms with Gasteiger partial charge in [0.25, 0.3) is 0 Å². The van der Waals surface area contributed by atoms with E-state index in [2.05, 4.69) is 34.7 Å². The van der Waals surface area contributed by atoms with Gasteiger partial charge in [-0.3, -0.25) is 0 Å². The zero-order valence-electron chi connectivity index (χ0n) is 11.4. The Kier molecular flexibility index (Phi) is 4.62. The molecular formula is C15H20BrF2N. The Morgan fingerprint density at radius 2 is 2.00 bits per heavy atom. The highest BCUT2D eigenvalue weighted by molar-refractivity contribution is 9.10. The van der Waals surface area contributed by atoms with Crippen LogP contribution in [-0.2, 0) is 5.41 Å². The van der Waals surface area contributed by atoms with Gasteiger partial charge in [0, 0.05) is 35.9 Å². The van der Waals surface area contributed by atoms with Crippen molar-refractivity contribution in [2.45, 2.75) is 32.1 Å². The topological polar surface area (TPSA) is 3.24 Å². The molecule has 106 valence electrons. The van der Waals surface area contributed by atoms with Crippen LogP contribution >= 0.6 is 15.9 Å². The van der Waals surface area contributed by atoms with E-state index in [4.69, 9.17) is 0 Å². The van der Waals surface area contributed by atoms with Crippen molar-refractivity contribution in [2.75, 3.05) is 19.6 Å². The molecule has 0 aliphatic carbocycles. The van der Waals surface area contributed by atoms with Gasteiger partial charge in [0.1, 0.15) is 0 Å². The summed E-state index contributed by atoms with van der Waals surface area (Å²) in [5.41, 5.74) is 0.662. The first-order valence-electron chi connectivity index (χ1n) is 6.68. The molecule has 19 heavy (non-hydrogen) atoms. The van der Waals surface area contributed by atoms with Crippen LogP contribution in [0.15, 0.2) is 28.7 Å². The maximum atomic E-state index is 12.9. The number of nitrogens with zero attached hydrogens (tertiary/aromatic N) is 1. The van der Waals surface area contributed by atoms with Crippen molar-refractivity contribution in [3.05, 3.63) is 34.3 Å². The molecule has 0 aromatic heterocycles. The van der Waals surface area contributed by atoms with Gasteiger partial charge in [-0.2, -0.15) is 0 Å². The predicted octanol–water partition coefficient (Wildman–Crippen LogP) is 4.31. The maximum absolute atomic E-state index is 12.9. The van der Waals surface area contributed by atoms with Gasteiger partial charge < -0.3 is 4.90 Å². The number of benzene rings is 1. The summed E-state index contributed by atoms with van der Waals surface area (Å²) in [5, 5.41) is 0. The lowest BCUT2D eigenvalue weighted by atomic mass is 9.71. The second-order valence-electron chi connectivity index (χ2n) is 5.95. The van der Waals surface area contributed by atoms with Crippen LogP contribution in [0.1, 0.15) is 25.8 Å². The van der Waals surface area contributed by atoms with Crippen LogP contribution in [0, 0.1) is 5.92 Å². The number of rotatable bonds is 5. The van der Waals surface area contributed by atoms with Crippen molar-refractivity contribution in [1.29, 1.82) is 0 Å². The Hall–Kier alpha value is -0.480. The van der Waals surface area contributed by atoms with Crippen LogP contribution in [-0.4, -0.2) is 31.0 Å². The molecule has 0 N–H and O–H groups in total. The molecule has 0 atom stereocenters. The van der Waals surface area contributed by atoms with E-state index in [1.807, 2.05) is 24.3 Å². The molecule has 1 fully saturated rings. The first kappa shape index (κ1) is 14.9. The molecule has 0 spiro atoms. The summed E-state index contributed by atoms with van der Waals surface area (Å²) < 4.78 is 26.8. The second-order valence-corrected chi connectivity index (χ2v) is 6.87. The van der Waals surface area contributed by atoms with Gasteiger partial charge in [-0.25, -0.2) is 8.78 Å². The molecule has 1 aromatic rings. The number of alkyl halides is 2. The fourth-order valence-corrected chi connectivity index (χ4v) is 3.40. The van der Waals surface area contributed by atoms with Crippen LogP contribution in [0.3, 0.4) is 0 Å². The third kappa shape index (κ3) is 3.54. The first-order valence-corrected chi connectivity index (χ1v) is 7.47. The van der Waals surface area contributed by atoms with E-state index >= 15 is 0 Å². The van der Waals surface area contributed by atoms with E-state index in [-0.39, 0.29) is 11.8 Å². The van der Waals surface area contributed by atoms with Crippen molar-refractivity contribution in [3.63, 3.8) is 0 Å². The summed E-state index contributed by atoms with van der Waals surface area (Å²) in [5.74, 6) is 0.576. The molecule has 2 rings (SSSR count). The normalized spacial score (nSPS) is 18.9. The fourth-order valence-electron chi connectivity index (χ4n) is 3.00. The average Bonchev–Trinajstić information content (AvgIpc) is 2.24. The Morgan fingerprint density at radius 3 is 2.53 bits per heavy atom. The van der Waals surface area contributed by atoms with Crippen molar-refractivity contribution in [2.24, 2.45) is 5.92 Å². The monoisotopic (exact) mass is 331 g/mol. The molecule has 1 nitrogen and oxygen atoms in total. The average molecular weight is 332 g/mol. The van der Waals surface area contributed by atoms with Gasteiger partial charge in [0.15, 0.2) is 0 Å². The van der Waals surface area contributed by atoms with Crippen molar-refractivity contribution < 1.29 is 8.78 Å². The second kappa shape index (κ2) is 5.88. The molecule has 4 heteroatoms. The summed E-state index contributed by atoms with van der Waals surface area (Å²) in [6.07, 6.45) is -2.29. The van der Waals surface area contributed by atoms with Crippen LogP contribution in [0.25, 0.3) is 0 Å². The quantitative estimate of drug-likeness (QED) is 0.776. The smallest absolute Gasteiger partial charge is 0.239 e. The number of halogens is 3. The predicted molar refractivity (Wildman–Crippen MR) is 77.7 cm³/mol. The minimum absolute atomic E-state index is 0.0436. The van der Waals surface area contributed by atoms with Gasteiger partial charge >= 0.3 is 0 Å². The molecule has 1 aliphatic rings. The van der Waals surface area contributed by atoms with E-state index in [0.717, 1.165) is 29.7 Å². The molecule has 1 aliphatic heterocycles. The summed E-state index contributed by atoms with van der Waals surface area (Å²) in [4.78, 5) is 2.27. The minimum atomic E-state index is -2.25. The van der Waals surface area contributed by atoms with Crippen LogP contribution in [0.5, 0.6) is 0 Å². The zero-order chi connectivity index (χ0) is 14.0. The Bertz CT molecular complexity index is 428. The van der Waals surface area contributed by atoms with Gasteiger partial charge in [-0.15, -0.1) is 0 Å². The van der Waals surface area contributed by atoms with Gasteiger partial charge in [-0.1, -0.05) is 41.9 Å². The SMILES string of the molecule is CC(C)CN1CC(CC(F)F)(c2cccc(Br)c2)C1. The Morgan fingerprint density at radius 1 is 1.32 bits per heavy atom. The van der Waals surface area contributed by atoms with Crippen LogP contribution in [0.4, 0.5) is 8.78 Å². The zero-order valence-corrected chi connectivity index (χ0v) is 13.0. The molecule has 0 saturated carbocycles. The van der Waals surface area contributed by atoms with Gasteiger partial charge in [0.2, 0.25) is 6.43 Å². The van der Waals surface area contributed by atoms with Crippen LogP contribution in [0.2, 0.25) is 0 Å². The molecule has 1 saturated heterocycles. The van der Waals surface area contributed by atoms with Crippen molar-refractivity contribution in [1.82, 2.24) is 4.90 Å². The number of hydrogen-bond acceptors (Lipinski definition) is 1. The highest BCUT2D eigenvalue weighted by Crippen LogP contribution is 2.40. The van der Waals surface area contributed by atoms with Gasteiger partial charge in [0.05, 0.1) is 0 Å². The standard InChI is InChI=1S/C15H20BrF2N/c1-11(2)8-19-9-15(10-19,7-14(17)18)12-4-3-5-13(16)6-12/h3-6,11,14H,7-10H2,1-2H3. The van der Waals surface area contributed by atoms with Gasteiger partial charge in [-0.05, 0) is 23.6 Å². The van der Waals surface area contributed by atoms with Crippen LogP contribution < -0.4 is 0 Å². The molecular weight excluding hydrogens is 312 g/mol. The van der Waals surface area contributed by atoms with Crippen molar-refractivity contribution >= 4 is 15.9 Å². The van der Waals surface area contributed by atoms with E-state index in [0.29, 0.717) is 5.92 Å². The summed E-state index contributed by atoms with van der Waals surface area (Å²) >= 11 is 3.43. The molecule has 1 aromatic carbocycles. The number of hydrogen-bond donors (Lipinski definition) is 0. The Balaban J connectivity index is 2.14. The lowest BCUT2D eigenvalue weighted by Gasteiger charge is -2.51. The third-order valence-corrected chi connectivity index (χ3v) is 4.15. The molecule has 0 amide bonds. The van der Waals surface area contributed by atoms with E-state index in [9.17, 15) is 8.78 Å². The summed E-state index contributed by atoms with van der Waals surface area (Å²) in [7, 11) is 0. The largest absolute Gasteiger partial charge is 0.301 e. The maximum Gasteiger partial charge on any atom is 0.239 e. The molecule has 1 heterocycles. The first-order chi connectivity index (χ1) is 8.91. The van der Waals surface area contributed by atoms with E-state index < -0.39 is 6.43 Å². The summed E-state index contributed by atoms with van der Waals surface area (Å²) in [6, 6.07) is 7.82. The minimum Gasteiger partial charge on any atom is -0.301 e. The fraction of sp³-hybridized carbons (Fsp3) is 0.600. The highest BCUT2D eigenvalue weighted by Gasteiger charge is 2.45. The number of likely N-dealkylation sites (tertiary alicyclic amines) is 1. The van der Waals surface area contributed by atoms with Crippen molar-refractivity contribution in [3.8, 4) is 0 Å². The van der Waals surface area contributed by atoms with E-state index in [1.165, 1.54) is 0 Å². The lowest BCUT2D eigenvalue weighted by molar-refractivity contribution is 0.00233. The molecule has 0 radical (unpaired) electrons. The third-order valence-electron chi connectivity index (χ3n) is 3.66. The lowest BCUT2D eigenvalue weighted by Crippen LogP contribution is -2.60.